The van der Waals surface area contributed by atoms with E-state index in [2.05, 4.69) is 0 Å². The molecule has 0 N–H and O–H groups in total. The van der Waals surface area contributed by atoms with Crippen molar-refractivity contribution in [3.05, 3.63) is 65.7 Å². The quantitative estimate of drug-likeness (QED) is 0.514. The summed E-state index contributed by atoms with van der Waals surface area (Å²) in [7, 11) is 1.61. The van der Waals surface area contributed by atoms with Crippen LogP contribution in [0.3, 0.4) is 0 Å². The number of benzene rings is 2. The maximum Gasteiger partial charge on any atom is 0.317 e. The molecule has 2 aromatic rings. The maximum absolute atomic E-state index is 13.1. The van der Waals surface area contributed by atoms with Gasteiger partial charge in [0.25, 0.3) is 0 Å². The van der Waals surface area contributed by atoms with Crippen LogP contribution in [0.25, 0.3) is 5.57 Å². The minimum Gasteiger partial charge on any atom is -0.497 e. The fraction of sp³-hybridized carbons (Fsp3) is 0.333. The molecule has 1 aliphatic carbocycles. The second-order valence-corrected chi connectivity index (χ2v) is 6.82. The number of allylic oxidation sites excluding steroid dienone is 2. The van der Waals surface area contributed by atoms with Gasteiger partial charge in [-0.05, 0) is 61.2 Å². The first kappa shape index (κ1) is 20.6. The van der Waals surface area contributed by atoms with Crippen molar-refractivity contribution in [3.63, 3.8) is 0 Å². The lowest BCUT2D eigenvalue weighted by Crippen LogP contribution is -2.34. The number of methoxy groups -OCH3 is 1. The van der Waals surface area contributed by atoms with Crippen molar-refractivity contribution >= 4 is 17.3 Å². The molecule has 1 aliphatic rings. The zero-order valence-corrected chi connectivity index (χ0v) is 17.0. The van der Waals surface area contributed by atoms with Gasteiger partial charge in [-0.15, -0.1) is 0 Å². The summed E-state index contributed by atoms with van der Waals surface area (Å²) >= 11 is 0. The van der Waals surface area contributed by atoms with Gasteiger partial charge < -0.3 is 14.2 Å². The third kappa shape index (κ3) is 4.50. The zero-order chi connectivity index (χ0) is 20.8. The number of rotatable bonds is 7. The fourth-order valence-corrected chi connectivity index (χ4v) is 3.77. The molecule has 0 spiro atoms. The normalized spacial score (nSPS) is 18.7. The second-order valence-electron chi connectivity index (χ2n) is 6.82. The van der Waals surface area contributed by atoms with Gasteiger partial charge in [0.1, 0.15) is 17.4 Å². The van der Waals surface area contributed by atoms with Gasteiger partial charge >= 0.3 is 5.97 Å². The zero-order valence-electron chi connectivity index (χ0n) is 17.0. The van der Waals surface area contributed by atoms with Gasteiger partial charge in [-0.25, -0.2) is 0 Å². The van der Waals surface area contributed by atoms with E-state index in [1.807, 2.05) is 55.5 Å². The molecule has 0 heterocycles. The number of hydrogen-bond donors (Lipinski definition) is 0. The number of ether oxygens (including phenoxy) is 3. The van der Waals surface area contributed by atoms with Crippen LogP contribution in [0.2, 0.25) is 0 Å². The van der Waals surface area contributed by atoms with Gasteiger partial charge in [-0.2, -0.15) is 0 Å². The largest absolute Gasteiger partial charge is 0.497 e. The average molecular weight is 394 g/mol. The first-order valence-corrected chi connectivity index (χ1v) is 9.86. The van der Waals surface area contributed by atoms with Gasteiger partial charge in [0.05, 0.1) is 20.3 Å². The van der Waals surface area contributed by atoms with E-state index in [1.54, 1.807) is 20.1 Å². The second kappa shape index (κ2) is 9.41. The Balaban J connectivity index is 2.06. The van der Waals surface area contributed by atoms with Gasteiger partial charge in [0.2, 0.25) is 0 Å². The minimum atomic E-state index is -0.883. The number of esters is 1. The molecule has 152 valence electrons. The van der Waals surface area contributed by atoms with Crippen molar-refractivity contribution in [1.29, 1.82) is 0 Å². The standard InChI is InChI=1S/C24H26O5/c1-4-28-22-12-7-6-11-19(22)20-14-17(16-9-8-10-18(13-16)27-3)15-21(25)23(20)24(26)29-5-2/h6-13,15,20,23H,4-5,14H2,1-3H3/t20-,23+/m1/s1. The lowest BCUT2D eigenvalue weighted by atomic mass is 9.73. The van der Waals surface area contributed by atoms with Crippen LogP contribution in [-0.4, -0.2) is 32.1 Å². The van der Waals surface area contributed by atoms with Crippen LogP contribution in [0.1, 0.15) is 37.3 Å². The van der Waals surface area contributed by atoms with Crippen LogP contribution in [0.15, 0.2) is 54.6 Å². The van der Waals surface area contributed by atoms with Crippen LogP contribution in [0, 0.1) is 5.92 Å². The lowest BCUT2D eigenvalue weighted by molar-refractivity contribution is -0.151. The van der Waals surface area contributed by atoms with Crippen LogP contribution in [0.5, 0.6) is 11.5 Å². The van der Waals surface area contributed by atoms with E-state index in [0.717, 1.165) is 22.4 Å². The van der Waals surface area contributed by atoms with Crippen molar-refractivity contribution in [2.45, 2.75) is 26.2 Å². The van der Waals surface area contributed by atoms with E-state index in [0.29, 0.717) is 18.8 Å². The number of carbonyl (C=O) groups is 2. The minimum absolute atomic E-state index is 0.231. The van der Waals surface area contributed by atoms with Crippen molar-refractivity contribution < 1.29 is 23.8 Å². The molecule has 5 nitrogen and oxygen atoms in total. The van der Waals surface area contributed by atoms with Crippen LogP contribution in [0.4, 0.5) is 0 Å². The molecular formula is C24H26O5. The third-order valence-corrected chi connectivity index (χ3v) is 5.06. The molecule has 0 radical (unpaired) electrons. The molecule has 29 heavy (non-hydrogen) atoms. The first-order chi connectivity index (χ1) is 14.1. The molecule has 3 rings (SSSR count). The number of hydrogen-bond acceptors (Lipinski definition) is 5. The molecule has 0 aliphatic heterocycles. The Hall–Kier alpha value is -3.08. The Kier molecular flexibility index (Phi) is 6.70. The van der Waals surface area contributed by atoms with Crippen molar-refractivity contribution in [2.24, 2.45) is 5.92 Å². The summed E-state index contributed by atoms with van der Waals surface area (Å²) in [4.78, 5) is 25.7. The fourth-order valence-electron chi connectivity index (χ4n) is 3.77. The molecular weight excluding hydrogens is 368 g/mol. The lowest BCUT2D eigenvalue weighted by Gasteiger charge is -2.30. The van der Waals surface area contributed by atoms with Gasteiger partial charge in [-0.3, -0.25) is 9.59 Å². The molecule has 0 fully saturated rings. The average Bonchev–Trinajstić information content (AvgIpc) is 2.74. The Bertz CT molecular complexity index is 915. The van der Waals surface area contributed by atoms with Crippen molar-refractivity contribution in [1.82, 2.24) is 0 Å². The van der Waals surface area contributed by atoms with Crippen LogP contribution >= 0.6 is 0 Å². The Labute approximate surface area is 171 Å². The van der Waals surface area contributed by atoms with E-state index in [1.165, 1.54) is 0 Å². The van der Waals surface area contributed by atoms with Gasteiger partial charge in [0.15, 0.2) is 5.78 Å². The van der Waals surface area contributed by atoms with Crippen LogP contribution < -0.4 is 9.47 Å². The first-order valence-electron chi connectivity index (χ1n) is 9.86. The molecule has 2 atom stereocenters. The summed E-state index contributed by atoms with van der Waals surface area (Å²) in [6.45, 7) is 4.38. The number of ketones is 1. The highest BCUT2D eigenvalue weighted by Crippen LogP contribution is 2.43. The predicted octanol–water partition coefficient (Wildman–Crippen LogP) is 4.41. The molecule has 5 heteroatoms. The van der Waals surface area contributed by atoms with E-state index in [9.17, 15) is 9.59 Å². The monoisotopic (exact) mass is 394 g/mol. The molecule has 0 aromatic heterocycles. The summed E-state index contributed by atoms with van der Waals surface area (Å²) in [5, 5.41) is 0. The summed E-state index contributed by atoms with van der Waals surface area (Å²) in [6, 6.07) is 15.2. The van der Waals surface area contributed by atoms with E-state index in [-0.39, 0.29) is 18.3 Å². The van der Waals surface area contributed by atoms with E-state index >= 15 is 0 Å². The van der Waals surface area contributed by atoms with Gasteiger partial charge in [-0.1, -0.05) is 30.3 Å². The molecule has 2 aromatic carbocycles. The topological polar surface area (TPSA) is 61.8 Å². The highest BCUT2D eigenvalue weighted by molar-refractivity contribution is 6.10. The Morgan fingerprint density at radius 2 is 1.86 bits per heavy atom. The SMILES string of the molecule is CCOC(=O)[C@@H]1C(=O)C=C(c2cccc(OC)c2)C[C@@H]1c1ccccc1OCC. The van der Waals surface area contributed by atoms with E-state index in [4.69, 9.17) is 14.2 Å². The predicted molar refractivity (Wildman–Crippen MR) is 111 cm³/mol. The number of para-hydroxylation sites is 1. The van der Waals surface area contributed by atoms with Crippen molar-refractivity contribution in [2.75, 3.05) is 20.3 Å². The molecule has 0 amide bonds. The Morgan fingerprint density at radius 1 is 1.07 bits per heavy atom. The summed E-state index contributed by atoms with van der Waals surface area (Å²) in [6.07, 6.45) is 2.09. The number of carbonyl (C=O) groups excluding carboxylic acids is 2. The highest BCUT2D eigenvalue weighted by Gasteiger charge is 2.40. The Morgan fingerprint density at radius 3 is 2.59 bits per heavy atom. The summed E-state index contributed by atoms with van der Waals surface area (Å²) < 4.78 is 16.3. The summed E-state index contributed by atoms with van der Waals surface area (Å²) in [5.74, 6) is -0.580. The maximum atomic E-state index is 13.1. The third-order valence-electron chi connectivity index (χ3n) is 5.06. The van der Waals surface area contributed by atoms with Crippen molar-refractivity contribution in [3.8, 4) is 11.5 Å². The summed E-state index contributed by atoms with van der Waals surface area (Å²) in [5.41, 5.74) is 2.61. The molecule has 0 saturated heterocycles. The van der Waals surface area contributed by atoms with E-state index < -0.39 is 11.9 Å². The molecule has 0 bridgehead atoms. The smallest absolute Gasteiger partial charge is 0.317 e. The van der Waals surface area contributed by atoms with Crippen LogP contribution in [-0.2, 0) is 14.3 Å². The highest BCUT2D eigenvalue weighted by atomic mass is 16.5. The van der Waals surface area contributed by atoms with Gasteiger partial charge in [0, 0.05) is 5.92 Å². The molecule has 0 unspecified atom stereocenters. The molecule has 0 saturated carbocycles.